The molecule has 0 saturated carbocycles. The quantitative estimate of drug-likeness (QED) is 0.0623. The zero-order chi connectivity index (χ0) is 45.3. The summed E-state index contributed by atoms with van der Waals surface area (Å²) in [5.41, 5.74) is 3.26. The zero-order valence-electron chi connectivity index (χ0n) is 35.7. The topological polar surface area (TPSA) is 187 Å². The Labute approximate surface area is 375 Å². The maximum Gasteiger partial charge on any atom is 0.425 e. The van der Waals surface area contributed by atoms with Crippen LogP contribution in [-0.4, -0.2) is 67.3 Å². The number of ether oxygens (including phenoxy) is 3. The van der Waals surface area contributed by atoms with Crippen LogP contribution >= 0.6 is 0 Å². The van der Waals surface area contributed by atoms with E-state index in [1.54, 1.807) is 66.9 Å². The Kier molecular flexibility index (Phi) is 13.3. The Morgan fingerprint density at radius 2 is 1.29 bits per heavy atom. The highest BCUT2D eigenvalue weighted by molar-refractivity contribution is 5.98. The molecule has 1 saturated heterocycles. The van der Waals surface area contributed by atoms with Crippen LogP contribution in [0.4, 0.5) is 22.1 Å². The number of hydrogen-bond donors (Lipinski definition) is 3. The number of aromatic nitrogens is 4. The number of nitrogens with one attached hydrogen (secondary N) is 2. The van der Waals surface area contributed by atoms with Gasteiger partial charge in [-0.1, -0.05) is 141 Å². The number of carbonyl (C=O) groups is 4. The highest BCUT2D eigenvalue weighted by Gasteiger charge is 2.45. The first-order valence-corrected chi connectivity index (χ1v) is 21.3. The van der Waals surface area contributed by atoms with Crippen LogP contribution in [0.3, 0.4) is 0 Å². The summed E-state index contributed by atoms with van der Waals surface area (Å²) < 4.78 is 20.2. The van der Waals surface area contributed by atoms with Gasteiger partial charge in [-0.3, -0.25) is 29.6 Å². The number of carboxylic acid groups (broad SMARTS) is 1. The van der Waals surface area contributed by atoms with E-state index in [4.69, 9.17) is 19.2 Å². The number of amides is 2. The number of aliphatic carboxylic acids is 1. The van der Waals surface area contributed by atoms with E-state index in [1.807, 2.05) is 103 Å². The van der Waals surface area contributed by atoms with Gasteiger partial charge >= 0.3 is 18.0 Å². The van der Waals surface area contributed by atoms with Crippen molar-refractivity contribution >= 4 is 52.4 Å². The lowest BCUT2D eigenvalue weighted by Gasteiger charge is -2.40. The summed E-state index contributed by atoms with van der Waals surface area (Å²) in [5.74, 6) is -2.93. The van der Waals surface area contributed by atoms with Crippen LogP contribution in [0.5, 0.6) is 5.88 Å². The predicted octanol–water partition coefficient (Wildman–Crippen LogP) is 8.40. The number of carboxylic acids is 1. The van der Waals surface area contributed by atoms with Crippen molar-refractivity contribution in [2.75, 3.05) is 16.8 Å². The molecule has 0 bridgehead atoms. The molecule has 3 heterocycles. The van der Waals surface area contributed by atoms with E-state index in [0.717, 1.165) is 16.7 Å². The summed E-state index contributed by atoms with van der Waals surface area (Å²) in [4.78, 5) is 66.8. The number of rotatable bonds is 16. The number of anilines is 3. The summed E-state index contributed by atoms with van der Waals surface area (Å²) in [6.07, 6.45) is -1.30. The van der Waals surface area contributed by atoms with Crippen molar-refractivity contribution in [1.82, 2.24) is 24.8 Å². The van der Waals surface area contributed by atoms with Crippen LogP contribution in [0.25, 0.3) is 11.2 Å². The zero-order valence-corrected chi connectivity index (χ0v) is 35.7. The molecule has 3 atom stereocenters. The molecule has 0 spiro atoms. The molecular formula is C50H47N7O8. The summed E-state index contributed by atoms with van der Waals surface area (Å²) in [5, 5.41) is 16.0. The number of nitrogens with zero attached hydrogens (tertiary/aromatic N) is 5. The second-order valence-corrected chi connectivity index (χ2v) is 15.7. The number of benzene rings is 5. The number of imidazole rings is 1. The van der Waals surface area contributed by atoms with Crippen LogP contribution in [0, 0.1) is 5.92 Å². The van der Waals surface area contributed by atoms with Crippen molar-refractivity contribution in [2.45, 2.75) is 57.0 Å². The molecule has 8 rings (SSSR count). The molecule has 7 aromatic rings. The summed E-state index contributed by atoms with van der Waals surface area (Å²) in [6, 6.07) is 47.5. The van der Waals surface area contributed by atoms with Gasteiger partial charge in [0.1, 0.15) is 18.9 Å². The average Bonchev–Trinajstić information content (AvgIpc) is 3.95. The minimum atomic E-state index is -1.12. The predicted molar refractivity (Wildman–Crippen MR) is 242 cm³/mol. The third-order valence-electron chi connectivity index (χ3n) is 11.1. The lowest BCUT2D eigenvalue weighted by molar-refractivity contribution is -0.151. The fourth-order valence-corrected chi connectivity index (χ4v) is 7.88. The molecule has 5 aromatic carbocycles. The van der Waals surface area contributed by atoms with Crippen molar-refractivity contribution in [3.8, 4) is 5.88 Å². The Hall–Kier alpha value is -7.75. The summed E-state index contributed by atoms with van der Waals surface area (Å²) >= 11 is 0. The first kappa shape index (κ1) is 43.9. The van der Waals surface area contributed by atoms with Gasteiger partial charge in [0.2, 0.25) is 11.9 Å². The Morgan fingerprint density at radius 1 is 0.769 bits per heavy atom. The van der Waals surface area contributed by atoms with Gasteiger partial charge in [-0.05, 0) is 41.0 Å². The first-order chi connectivity index (χ1) is 31.6. The molecule has 65 heavy (non-hydrogen) atoms. The molecule has 2 amide bonds. The lowest BCUT2D eigenvalue weighted by atomic mass is 9.76. The van der Waals surface area contributed by atoms with Crippen molar-refractivity contribution in [2.24, 2.45) is 5.92 Å². The summed E-state index contributed by atoms with van der Waals surface area (Å²) in [7, 11) is 0. The monoisotopic (exact) mass is 873 g/mol. The molecule has 0 aliphatic carbocycles. The highest BCUT2D eigenvalue weighted by Crippen LogP contribution is 2.41. The minimum Gasteiger partial charge on any atom is -0.481 e. The van der Waals surface area contributed by atoms with E-state index in [9.17, 15) is 24.3 Å². The molecule has 3 N–H and O–H groups in total. The van der Waals surface area contributed by atoms with Gasteiger partial charge in [0.25, 0.3) is 5.88 Å². The van der Waals surface area contributed by atoms with Gasteiger partial charge < -0.3 is 19.3 Å². The number of para-hydroxylation sites is 2. The molecule has 1 fully saturated rings. The molecule has 0 unspecified atom stereocenters. The molecule has 1 aliphatic heterocycles. The van der Waals surface area contributed by atoms with Gasteiger partial charge in [-0.25, -0.2) is 14.7 Å². The minimum absolute atomic E-state index is 0.117. The van der Waals surface area contributed by atoms with Gasteiger partial charge in [-0.2, -0.15) is 9.97 Å². The number of hydrogen-bond acceptors (Lipinski definition) is 11. The molecule has 2 aromatic heterocycles. The standard InChI is InChI=1S/C50H47N7O8/c1-33(2)46(61)53-48-52-45-44(47(54-48)65-49(62)57(37-24-14-6-15-25-37)38-26-16-7-17-27-38)51-32-56(45)41-30-39(40(64-41)31-63-43(60)29-28-42(58)59)55-50(34-18-8-3-9-19-34,35-20-10-4-11-21-35)36-22-12-5-13-23-36/h3-27,32-33,39-41,55H,28-31H2,1-2H3,(H,58,59)(H,52,53,54,61)/t39-,40+,41+/m0/s1. The van der Waals surface area contributed by atoms with E-state index < -0.39 is 47.9 Å². The molecule has 0 radical (unpaired) electrons. The van der Waals surface area contributed by atoms with E-state index in [0.29, 0.717) is 11.4 Å². The third-order valence-corrected chi connectivity index (χ3v) is 11.1. The Morgan fingerprint density at radius 3 is 1.80 bits per heavy atom. The number of fused-ring (bicyclic) bond motifs is 1. The number of esters is 1. The molecular weight excluding hydrogens is 827 g/mol. The van der Waals surface area contributed by atoms with Crippen molar-refractivity contribution < 1.29 is 38.5 Å². The van der Waals surface area contributed by atoms with E-state index >= 15 is 0 Å². The van der Waals surface area contributed by atoms with Gasteiger partial charge in [0.05, 0.1) is 36.1 Å². The highest BCUT2D eigenvalue weighted by atomic mass is 16.6. The van der Waals surface area contributed by atoms with Gasteiger partial charge in [0.15, 0.2) is 11.2 Å². The average molecular weight is 874 g/mol. The van der Waals surface area contributed by atoms with Gasteiger partial charge in [0, 0.05) is 18.4 Å². The van der Waals surface area contributed by atoms with E-state index in [1.165, 1.54) is 11.2 Å². The van der Waals surface area contributed by atoms with E-state index in [2.05, 4.69) is 20.6 Å². The molecule has 15 heteroatoms. The van der Waals surface area contributed by atoms with Crippen LogP contribution < -0.4 is 20.3 Å². The SMILES string of the molecule is CC(C)C(=O)Nc1nc(OC(=O)N(c2ccccc2)c2ccccc2)c2ncn([C@H]3C[C@H](NC(c4ccccc4)(c4ccccc4)c4ccccc4)[C@@H](COC(=O)CCC(=O)O)O3)c2n1. The van der Waals surface area contributed by atoms with Crippen molar-refractivity contribution in [1.29, 1.82) is 0 Å². The Bertz CT molecular complexity index is 2600. The maximum atomic E-state index is 14.3. The summed E-state index contributed by atoms with van der Waals surface area (Å²) in [6.45, 7) is 3.24. The van der Waals surface area contributed by atoms with Crippen molar-refractivity contribution in [3.05, 3.63) is 175 Å². The fourth-order valence-electron chi connectivity index (χ4n) is 7.88. The molecule has 1 aliphatic rings. The molecule has 15 nitrogen and oxygen atoms in total. The van der Waals surface area contributed by atoms with E-state index in [-0.39, 0.29) is 54.8 Å². The first-order valence-electron chi connectivity index (χ1n) is 21.3. The van der Waals surface area contributed by atoms with Crippen molar-refractivity contribution in [3.63, 3.8) is 0 Å². The van der Waals surface area contributed by atoms with Gasteiger partial charge in [-0.15, -0.1) is 0 Å². The molecule has 330 valence electrons. The van der Waals surface area contributed by atoms with Crippen LogP contribution in [0.2, 0.25) is 0 Å². The lowest BCUT2D eigenvalue weighted by Crippen LogP contribution is -2.53. The van der Waals surface area contributed by atoms with Crippen LogP contribution in [0.15, 0.2) is 158 Å². The number of carbonyl (C=O) groups excluding carboxylic acids is 3. The Balaban J connectivity index is 1.20. The third kappa shape index (κ3) is 9.76. The smallest absolute Gasteiger partial charge is 0.425 e. The maximum absolute atomic E-state index is 14.3. The normalized spacial score (nSPS) is 16.0. The second-order valence-electron chi connectivity index (χ2n) is 15.7. The fraction of sp³-hybridized carbons (Fsp3) is 0.220. The second kappa shape index (κ2) is 19.7. The largest absolute Gasteiger partial charge is 0.481 e. The van der Waals surface area contributed by atoms with Crippen LogP contribution in [-0.2, 0) is 29.4 Å². The van der Waals surface area contributed by atoms with Crippen LogP contribution in [0.1, 0.15) is 56.0 Å².